The van der Waals surface area contributed by atoms with Crippen LogP contribution in [0.3, 0.4) is 0 Å². The van der Waals surface area contributed by atoms with Gasteiger partial charge in [-0.05, 0) is 19.0 Å². The number of rotatable bonds is 4. The molecule has 9 heavy (non-hydrogen) atoms. The second kappa shape index (κ2) is 4.96. The van der Waals surface area contributed by atoms with Crippen molar-refractivity contribution in [3.8, 4) is 0 Å². The lowest BCUT2D eigenvalue weighted by atomic mass is 10.7. The summed E-state index contributed by atoms with van der Waals surface area (Å²) in [7, 11) is -0.875. The molecule has 0 amide bonds. The van der Waals surface area contributed by atoms with Gasteiger partial charge in [0.1, 0.15) is 0 Å². The Morgan fingerprint density at radius 1 is 1.44 bits per heavy atom. The van der Waals surface area contributed by atoms with Crippen LogP contribution in [0.4, 0.5) is 0 Å². The van der Waals surface area contributed by atoms with Gasteiger partial charge in [0.25, 0.3) is 0 Å². The molecule has 0 spiro atoms. The molecular formula is C6H17NOSi. The smallest absolute Gasteiger partial charge is 0.178 e. The highest BCUT2D eigenvalue weighted by Crippen LogP contribution is 2.00. The van der Waals surface area contributed by atoms with E-state index in [-0.39, 0.29) is 6.23 Å². The average Bonchev–Trinajstić information content (AvgIpc) is 1.82. The van der Waals surface area contributed by atoms with Gasteiger partial charge in [0.05, 0.1) is 6.23 Å². The van der Waals surface area contributed by atoms with Crippen molar-refractivity contribution in [2.45, 2.75) is 39.1 Å². The predicted molar refractivity (Wildman–Crippen MR) is 42.8 cm³/mol. The first-order chi connectivity index (χ1) is 4.20. The highest BCUT2D eigenvalue weighted by Gasteiger charge is 2.06. The van der Waals surface area contributed by atoms with Gasteiger partial charge in [0.15, 0.2) is 9.04 Å². The molecule has 2 N–H and O–H groups in total. The van der Waals surface area contributed by atoms with Crippen molar-refractivity contribution < 1.29 is 4.43 Å². The Kier molecular flexibility index (Phi) is 5.04. The zero-order chi connectivity index (χ0) is 7.28. The van der Waals surface area contributed by atoms with Crippen LogP contribution in [-0.2, 0) is 4.43 Å². The van der Waals surface area contributed by atoms with E-state index in [1.54, 1.807) is 0 Å². The van der Waals surface area contributed by atoms with E-state index in [2.05, 4.69) is 13.8 Å². The lowest BCUT2D eigenvalue weighted by Crippen LogP contribution is -2.28. The van der Waals surface area contributed by atoms with E-state index in [4.69, 9.17) is 10.2 Å². The Morgan fingerprint density at radius 2 is 1.89 bits per heavy atom. The van der Waals surface area contributed by atoms with Crippen molar-refractivity contribution in [2.75, 3.05) is 0 Å². The van der Waals surface area contributed by atoms with Crippen molar-refractivity contribution in [1.82, 2.24) is 0 Å². The molecule has 0 aromatic rings. The highest BCUT2D eigenvalue weighted by molar-refractivity contribution is 6.51. The van der Waals surface area contributed by atoms with Gasteiger partial charge in [-0.25, -0.2) is 0 Å². The molecule has 3 heteroatoms. The largest absolute Gasteiger partial charge is 0.405 e. The van der Waals surface area contributed by atoms with Crippen LogP contribution in [-0.4, -0.2) is 15.3 Å². The van der Waals surface area contributed by atoms with Crippen LogP contribution in [0.2, 0.25) is 12.1 Å². The molecule has 0 rings (SSSR count). The molecule has 1 unspecified atom stereocenters. The minimum absolute atomic E-state index is 0.0541. The summed E-state index contributed by atoms with van der Waals surface area (Å²) in [5.41, 5.74) is 5.46. The van der Waals surface area contributed by atoms with E-state index in [0.29, 0.717) is 0 Å². The Balaban J connectivity index is 3.31. The first-order valence-electron chi connectivity index (χ1n) is 3.61. The maximum absolute atomic E-state index is 5.47. The Morgan fingerprint density at radius 3 is 2.00 bits per heavy atom. The quantitative estimate of drug-likeness (QED) is 0.477. The summed E-state index contributed by atoms with van der Waals surface area (Å²) in [6, 6.07) is 2.39. The molecule has 0 aromatic carbocycles. The van der Waals surface area contributed by atoms with Crippen molar-refractivity contribution in [2.24, 2.45) is 5.73 Å². The predicted octanol–water partition coefficient (Wildman–Crippen LogP) is 1.07. The van der Waals surface area contributed by atoms with Gasteiger partial charge in [-0.2, -0.15) is 0 Å². The summed E-state index contributed by atoms with van der Waals surface area (Å²) in [6.07, 6.45) is -0.0541. The fraction of sp³-hybridized carbons (Fsp3) is 1.00. The van der Waals surface area contributed by atoms with Gasteiger partial charge in [-0.15, -0.1) is 0 Å². The topological polar surface area (TPSA) is 35.2 Å². The van der Waals surface area contributed by atoms with Gasteiger partial charge >= 0.3 is 0 Å². The standard InChI is InChI=1S/C6H17NOSi/c1-4-9(5-2)8-6(3)7/h6,9H,4-5,7H2,1-3H3. The molecule has 0 aliphatic carbocycles. The first-order valence-corrected chi connectivity index (χ1v) is 5.72. The minimum atomic E-state index is -0.875. The molecule has 56 valence electrons. The van der Waals surface area contributed by atoms with E-state index >= 15 is 0 Å². The normalized spacial score (nSPS) is 14.3. The van der Waals surface area contributed by atoms with E-state index in [1.807, 2.05) is 6.92 Å². The third-order valence-corrected chi connectivity index (χ3v) is 3.95. The number of hydrogen-bond acceptors (Lipinski definition) is 2. The fourth-order valence-corrected chi connectivity index (χ4v) is 2.35. The summed E-state index contributed by atoms with van der Waals surface area (Å²) >= 11 is 0. The molecule has 0 aliphatic rings. The molecule has 0 radical (unpaired) electrons. The second-order valence-electron chi connectivity index (χ2n) is 2.28. The number of nitrogens with two attached hydrogens (primary N) is 1. The first kappa shape index (κ1) is 9.14. The molecule has 0 fully saturated rings. The van der Waals surface area contributed by atoms with E-state index < -0.39 is 9.04 Å². The Bertz CT molecular complexity index is 64.1. The summed E-state index contributed by atoms with van der Waals surface area (Å²) in [5.74, 6) is 0. The molecule has 0 heterocycles. The SMILES string of the molecule is CC[SiH](CC)OC(C)N. The van der Waals surface area contributed by atoms with Crippen LogP contribution in [0.1, 0.15) is 20.8 Å². The lowest BCUT2D eigenvalue weighted by Gasteiger charge is -2.14. The van der Waals surface area contributed by atoms with E-state index in [9.17, 15) is 0 Å². The molecule has 0 aromatic heterocycles. The van der Waals surface area contributed by atoms with Gasteiger partial charge in [0.2, 0.25) is 0 Å². The van der Waals surface area contributed by atoms with Gasteiger partial charge in [-0.3, -0.25) is 0 Å². The number of hydrogen-bond donors (Lipinski definition) is 1. The van der Waals surface area contributed by atoms with Gasteiger partial charge < -0.3 is 10.2 Å². The monoisotopic (exact) mass is 147 g/mol. The van der Waals surface area contributed by atoms with Crippen LogP contribution >= 0.6 is 0 Å². The summed E-state index contributed by atoms with van der Waals surface area (Å²) in [4.78, 5) is 0. The second-order valence-corrected chi connectivity index (χ2v) is 5.43. The van der Waals surface area contributed by atoms with Crippen molar-refractivity contribution >= 4 is 9.04 Å². The fourth-order valence-electron chi connectivity index (χ4n) is 0.785. The highest BCUT2D eigenvalue weighted by atomic mass is 28.3. The van der Waals surface area contributed by atoms with Crippen LogP contribution in [0, 0.1) is 0 Å². The summed E-state index contributed by atoms with van der Waals surface area (Å²) < 4.78 is 5.47. The summed E-state index contributed by atoms with van der Waals surface area (Å²) in [5, 5.41) is 0. The lowest BCUT2D eigenvalue weighted by molar-refractivity contribution is 0.229. The van der Waals surface area contributed by atoms with Crippen LogP contribution < -0.4 is 5.73 Å². The molecule has 0 aliphatic heterocycles. The molecular weight excluding hydrogens is 130 g/mol. The zero-order valence-corrected chi connectivity index (χ0v) is 7.71. The molecule has 1 atom stereocenters. The van der Waals surface area contributed by atoms with E-state index in [1.165, 1.54) is 12.1 Å². The van der Waals surface area contributed by atoms with Crippen molar-refractivity contribution in [1.29, 1.82) is 0 Å². The Hall–Kier alpha value is 0.137. The maximum atomic E-state index is 5.47. The molecule has 0 saturated carbocycles. The molecule has 0 bridgehead atoms. The van der Waals surface area contributed by atoms with Gasteiger partial charge in [0, 0.05) is 0 Å². The van der Waals surface area contributed by atoms with Crippen LogP contribution in [0.5, 0.6) is 0 Å². The zero-order valence-electron chi connectivity index (χ0n) is 6.55. The minimum Gasteiger partial charge on any atom is -0.405 e. The van der Waals surface area contributed by atoms with Crippen LogP contribution in [0.25, 0.3) is 0 Å². The average molecular weight is 147 g/mol. The third kappa shape index (κ3) is 4.63. The van der Waals surface area contributed by atoms with Crippen molar-refractivity contribution in [3.63, 3.8) is 0 Å². The van der Waals surface area contributed by atoms with Crippen molar-refractivity contribution in [3.05, 3.63) is 0 Å². The van der Waals surface area contributed by atoms with Crippen LogP contribution in [0.15, 0.2) is 0 Å². The third-order valence-electron chi connectivity index (χ3n) is 1.32. The summed E-state index contributed by atoms with van der Waals surface area (Å²) in [6.45, 7) is 6.23. The Labute approximate surface area is 59.1 Å². The molecule has 2 nitrogen and oxygen atoms in total. The van der Waals surface area contributed by atoms with E-state index in [0.717, 1.165) is 0 Å². The van der Waals surface area contributed by atoms with Gasteiger partial charge in [-0.1, -0.05) is 13.8 Å². The molecule has 0 saturated heterocycles. The maximum Gasteiger partial charge on any atom is 0.178 e.